The van der Waals surface area contributed by atoms with Crippen LogP contribution in [0.1, 0.15) is 24.2 Å². The van der Waals surface area contributed by atoms with E-state index >= 15 is 0 Å². The first-order chi connectivity index (χ1) is 9.24. The minimum Gasteiger partial charge on any atom is -0.363 e. The third-order valence-electron chi connectivity index (χ3n) is 3.21. The summed E-state index contributed by atoms with van der Waals surface area (Å²) in [5, 5.41) is 4.47. The Morgan fingerprint density at radius 3 is 2.74 bits per heavy atom. The van der Waals surface area contributed by atoms with E-state index in [2.05, 4.69) is 45.4 Å². The molecule has 19 heavy (non-hydrogen) atoms. The zero-order valence-corrected chi connectivity index (χ0v) is 11.0. The lowest BCUT2D eigenvalue weighted by Gasteiger charge is -2.15. The maximum atomic E-state index is 4.34. The molecule has 0 unspecified atom stereocenters. The van der Waals surface area contributed by atoms with E-state index < -0.39 is 0 Å². The summed E-state index contributed by atoms with van der Waals surface area (Å²) >= 11 is 0. The summed E-state index contributed by atoms with van der Waals surface area (Å²) in [7, 11) is 0. The lowest BCUT2D eigenvalue weighted by Crippen LogP contribution is -2.08. The molecule has 0 aliphatic heterocycles. The highest BCUT2D eigenvalue weighted by Crippen LogP contribution is 2.24. The molecule has 1 atom stereocenters. The number of benzene rings is 1. The number of anilines is 1. The second-order valence-electron chi connectivity index (χ2n) is 4.71. The molecular weight excluding hydrogens is 236 g/mol. The number of nitrogens with one attached hydrogen (secondary N) is 2. The summed E-state index contributed by atoms with van der Waals surface area (Å²) in [5.41, 5.74) is 3.20. The van der Waals surface area contributed by atoms with Crippen molar-refractivity contribution < 1.29 is 0 Å². The lowest BCUT2D eigenvalue weighted by atomic mass is 10.1. The van der Waals surface area contributed by atoms with Gasteiger partial charge in [-0.2, -0.15) is 0 Å². The molecular formula is C15H16N4. The predicted molar refractivity (Wildman–Crippen MR) is 77.1 cm³/mol. The SMILES string of the molecule is Cc1cc2c(N[C@H](C)c3ccccc3)ncnc2[nH]1. The normalized spacial score (nSPS) is 12.5. The number of hydrogen-bond acceptors (Lipinski definition) is 3. The van der Waals surface area contributed by atoms with Gasteiger partial charge in [-0.05, 0) is 25.5 Å². The van der Waals surface area contributed by atoms with Gasteiger partial charge in [0.1, 0.15) is 17.8 Å². The highest BCUT2D eigenvalue weighted by atomic mass is 15.0. The van der Waals surface area contributed by atoms with Crippen molar-refractivity contribution in [3.05, 3.63) is 54.0 Å². The Morgan fingerprint density at radius 1 is 1.16 bits per heavy atom. The summed E-state index contributed by atoms with van der Waals surface area (Å²) < 4.78 is 0. The van der Waals surface area contributed by atoms with Crippen LogP contribution in [0.15, 0.2) is 42.7 Å². The number of rotatable bonds is 3. The molecule has 0 bridgehead atoms. The largest absolute Gasteiger partial charge is 0.363 e. The van der Waals surface area contributed by atoms with Gasteiger partial charge in [-0.25, -0.2) is 9.97 Å². The standard InChI is InChI=1S/C15H16N4/c1-10-8-13-14(18-10)16-9-17-15(13)19-11(2)12-6-4-3-5-7-12/h3-9,11H,1-2H3,(H2,16,17,18,19)/t11-/m1/s1. The third-order valence-corrected chi connectivity index (χ3v) is 3.21. The van der Waals surface area contributed by atoms with Gasteiger partial charge in [-0.15, -0.1) is 0 Å². The van der Waals surface area contributed by atoms with E-state index in [4.69, 9.17) is 0 Å². The maximum Gasteiger partial charge on any atom is 0.143 e. The fraction of sp³-hybridized carbons (Fsp3) is 0.200. The lowest BCUT2D eigenvalue weighted by molar-refractivity contribution is 0.876. The fourth-order valence-corrected chi connectivity index (χ4v) is 2.22. The van der Waals surface area contributed by atoms with Crippen molar-refractivity contribution in [1.82, 2.24) is 15.0 Å². The molecule has 3 rings (SSSR count). The molecule has 0 aliphatic carbocycles. The molecule has 0 saturated carbocycles. The second-order valence-corrected chi connectivity index (χ2v) is 4.71. The summed E-state index contributed by atoms with van der Waals surface area (Å²) in [5.74, 6) is 0.866. The van der Waals surface area contributed by atoms with Crippen LogP contribution in [0.4, 0.5) is 5.82 Å². The average Bonchev–Trinajstić information content (AvgIpc) is 2.81. The van der Waals surface area contributed by atoms with Crippen LogP contribution in [0.5, 0.6) is 0 Å². The molecule has 1 aromatic carbocycles. The van der Waals surface area contributed by atoms with E-state index in [9.17, 15) is 0 Å². The van der Waals surface area contributed by atoms with Gasteiger partial charge in [-0.3, -0.25) is 0 Å². The number of aryl methyl sites for hydroxylation is 1. The number of nitrogens with zero attached hydrogens (tertiary/aromatic N) is 2. The van der Waals surface area contributed by atoms with Crippen LogP contribution in [-0.2, 0) is 0 Å². The first kappa shape index (κ1) is 11.7. The molecule has 2 aromatic heterocycles. The van der Waals surface area contributed by atoms with Gasteiger partial charge in [0, 0.05) is 11.7 Å². The van der Waals surface area contributed by atoms with Crippen molar-refractivity contribution >= 4 is 16.9 Å². The Balaban J connectivity index is 1.93. The molecule has 0 spiro atoms. The highest BCUT2D eigenvalue weighted by molar-refractivity contribution is 5.87. The van der Waals surface area contributed by atoms with Crippen LogP contribution >= 0.6 is 0 Å². The van der Waals surface area contributed by atoms with E-state index in [0.29, 0.717) is 0 Å². The van der Waals surface area contributed by atoms with Gasteiger partial charge in [-0.1, -0.05) is 30.3 Å². The highest BCUT2D eigenvalue weighted by Gasteiger charge is 2.10. The Bertz CT molecular complexity index is 688. The molecule has 4 nitrogen and oxygen atoms in total. The molecule has 2 N–H and O–H groups in total. The molecule has 96 valence electrons. The Hall–Kier alpha value is -2.36. The second kappa shape index (κ2) is 4.72. The Morgan fingerprint density at radius 2 is 1.95 bits per heavy atom. The van der Waals surface area contributed by atoms with E-state index in [1.807, 2.05) is 25.1 Å². The van der Waals surface area contributed by atoms with Crippen LogP contribution in [0.25, 0.3) is 11.0 Å². The first-order valence-corrected chi connectivity index (χ1v) is 6.36. The molecule has 0 radical (unpaired) electrons. The van der Waals surface area contributed by atoms with Crippen molar-refractivity contribution in [2.24, 2.45) is 0 Å². The van der Waals surface area contributed by atoms with Crippen LogP contribution in [-0.4, -0.2) is 15.0 Å². The quantitative estimate of drug-likeness (QED) is 0.750. The van der Waals surface area contributed by atoms with E-state index in [0.717, 1.165) is 22.5 Å². The predicted octanol–water partition coefficient (Wildman–Crippen LogP) is 3.44. The van der Waals surface area contributed by atoms with Crippen LogP contribution in [0, 0.1) is 6.92 Å². The first-order valence-electron chi connectivity index (χ1n) is 6.36. The number of H-pyrrole nitrogens is 1. The van der Waals surface area contributed by atoms with E-state index in [1.165, 1.54) is 5.56 Å². The smallest absolute Gasteiger partial charge is 0.143 e. The summed E-state index contributed by atoms with van der Waals surface area (Å²) in [6.07, 6.45) is 1.58. The van der Waals surface area contributed by atoms with Crippen molar-refractivity contribution in [2.75, 3.05) is 5.32 Å². The molecule has 2 heterocycles. The number of hydrogen-bond donors (Lipinski definition) is 2. The zero-order valence-electron chi connectivity index (χ0n) is 11.0. The van der Waals surface area contributed by atoms with Crippen LogP contribution in [0.3, 0.4) is 0 Å². The van der Waals surface area contributed by atoms with Crippen molar-refractivity contribution in [1.29, 1.82) is 0 Å². The minimum absolute atomic E-state index is 0.203. The van der Waals surface area contributed by atoms with Gasteiger partial charge >= 0.3 is 0 Å². The minimum atomic E-state index is 0.203. The maximum absolute atomic E-state index is 4.34. The summed E-state index contributed by atoms with van der Waals surface area (Å²) in [6.45, 7) is 4.15. The molecule has 3 aromatic rings. The van der Waals surface area contributed by atoms with Gasteiger partial charge in [0.2, 0.25) is 0 Å². The fourth-order valence-electron chi connectivity index (χ4n) is 2.22. The van der Waals surface area contributed by atoms with Crippen molar-refractivity contribution in [3.63, 3.8) is 0 Å². The van der Waals surface area contributed by atoms with Gasteiger partial charge in [0.05, 0.1) is 5.39 Å². The Labute approximate surface area is 111 Å². The van der Waals surface area contributed by atoms with Crippen LogP contribution < -0.4 is 5.32 Å². The zero-order chi connectivity index (χ0) is 13.2. The average molecular weight is 252 g/mol. The number of aromatic amines is 1. The molecule has 0 amide bonds. The van der Waals surface area contributed by atoms with Gasteiger partial charge in [0.15, 0.2) is 0 Å². The molecule has 0 fully saturated rings. The molecule has 0 aliphatic rings. The molecule has 0 saturated heterocycles. The van der Waals surface area contributed by atoms with Crippen LogP contribution in [0.2, 0.25) is 0 Å². The number of aromatic nitrogens is 3. The summed E-state index contributed by atoms with van der Waals surface area (Å²) in [4.78, 5) is 11.8. The third kappa shape index (κ3) is 2.29. The van der Waals surface area contributed by atoms with E-state index in [1.54, 1.807) is 6.33 Å². The summed E-state index contributed by atoms with van der Waals surface area (Å²) in [6, 6.07) is 12.6. The van der Waals surface area contributed by atoms with Gasteiger partial charge < -0.3 is 10.3 Å². The topological polar surface area (TPSA) is 53.6 Å². The monoisotopic (exact) mass is 252 g/mol. The van der Waals surface area contributed by atoms with Gasteiger partial charge in [0.25, 0.3) is 0 Å². The van der Waals surface area contributed by atoms with Crippen molar-refractivity contribution in [2.45, 2.75) is 19.9 Å². The Kier molecular flexibility index (Phi) is 2.91. The van der Waals surface area contributed by atoms with Crippen molar-refractivity contribution in [3.8, 4) is 0 Å². The molecule has 4 heteroatoms. The van der Waals surface area contributed by atoms with E-state index in [-0.39, 0.29) is 6.04 Å². The number of fused-ring (bicyclic) bond motifs is 1.